The number of nitrogens with one attached hydrogen (secondary N) is 1. The number of halogens is 1. The molecule has 0 atom stereocenters. The number of piperidine rings is 1. The van der Waals surface area contributed by atoms with Crippen molar-refractivity contribution in [3.8, 4) is 0 Å². The second kappa shape index (κ2) is 7.62. The molecule has 0 radical (unpaired) electrons. The van der Waals surface area contributed by atoms with Crippen LogP contribution in [0.15, 0.2) is 36.7 Å². The summed E-state index contributed by atoms with van der Waals surface area (Å²) in [5.74, 6) is 1.32. The van der Waals surface area contributed by atoms with Crippen molar-refractivity contribution in [3.05, 3.63) is 52.9 Å². The van der Waals surface area contributed by atoms with Gasteiger partial charge in [0.15, 0.2) is 0 Å². The molecular weight excluding hydrogens is 324 g/mol. The molecule has 2 heterocycles. The molecule has 0 aliphatic carbocycles. The summed E-state index contributed by atoms with van der Waals surface area (Å²) in [6, 6.07) is 9.33. The Morgan fingerprint density at radius 2 is 1.96 bits per heavy atom. The third-order valence-electron chi connectivity index (χ3n) is 4.34. The molecule has 5 nitrogen and oxygen atoms in total. The lowest BCUT2D eigenvalue weighted by molar-refractivity contribution is 0.0691. The standard InChI is InChI=1S/C18H21ClN4O/c1-13-6-8-23(9-7-13)18(24)16-10-17(22-12-21-16)20-11-14-2-4-15(19)5-3-14/h2-5,10,12-13H,6-9,11H2,1H3,(H,20,21,22). The first-order valence-corrected chi connectivity index (χ1v) is 8.59. The van der Waals surface area contributed by atoms with Crippen LogP contribution in [0, 0.1) is 5.92 Å². The highest BCUT2D eigenvalue weighted by molar-refractivity contribution is 6.30. The Kier molecular flexibility index (Phi) is 5.30. The van der Waals surface area contributed by atoms with Crippen LogP contribution in [0.25, 0.3) is 0 Å². The van der Waals surface area contributed by atoms with Crippen molar-refractivity contribution in [3.63, 3.8) is 0 Å². The van der Waals surface area contributed by atoms with Gasteiger partial charge in [-0.25, -0.2) is 9.97 Å². The minimum Gasteiger partial charge on any atom is -0.366 e. The van der Waals surface area contributed by atoms with Crippen molar-refractivity contribution in [1.82, 2.24) is 14.9 Å². The van der Waals surface area contributed by atoms with Crippen LogP contribution in [0.4, 0.5) is 5.82 Å². The van der Waals surface area contributed by atoms with Crippen LogP contribution in [0.1, 0.15) is 35.8 Å². The lowest BCUT2D eigenvalue weighted by atomic mass is 9.99. The molecule has 1 aromatic carbocycles. The van der Waals surface area contributed by atoms with Crippen LogP contribution in [0.3, 0.4) is 0 Å². The average molecular weight is 345 g/mol. The maximum absolute atomic E-state index is 12.6. The van der Waals surface area contributed by atoms with Crippen molar-refractivity contribution in [2.75, 3.05) is 18.4 Å². The third-order valence-corrected chi connectivity index (χ3v) is 4.60. The van der Waals surface area contributed by atoms with Gasteiger partial charge >= 0.3 is 0 Å². The Bertz CT molecular complexity index is 696. The molecule has 0 spiro atoms. The fourth-order valence-electron chi connectivity index (χ4n) is 2.74. The highest BCUT2D eigenvalue weighted by Gasteiger charge is 2.22. The second-order valence-corrected chi connectivity index (χ2v) is 6.68. The minimum absolute atomic E-state index is 0.0150. The molecular formula is C18H21ClN4O. The highest BCUT2D eigenvalue weighted by atomic mass is 35.5. The molecule has 1 fully saturated rings. The van der Waals surface area contributed by atoms with E-state index in [9.17, 15) is 4.79 Å². The third kappa shape index (κ3) is 4.23. The summed E-state index contributed by atoms with van der Waals surface area (Å²) < 4.78 is 0. The Morgan fingerprint density at radius 1 is 1.25 bits per heavy atom. The minimum atomic E-state index is -0.0150. The van der Waals surface area contributed by atoms with Crippen molar-refractivity contribution in [1.29, 1.82) is 0 Å². The second-order valence-electron chi connectivity index (χ2n) is 6.24. The fraction of sp³-hybridized carbons (Fsp3) is 0.389. The van der Waals surface area contributed by atoms with Gasteiger partial charge in [-0.1, -0.05) is 30.7 Å². The summed E-state index contributed by atoms with van der Waals surface area (Å²) in [6.07, 6.45) is 3.54. The highest BCUT2D eigenvalue weighted by Crippen LogP contribution is 2.18. The van der Waals surface area contributed by atoms with Gasteiger partial charge in [0.05, 0.1) is 0 Å². The van der Waals surface area contributed by atoms with E-state index in [0.29, 0.717) is 29.0 Å². The van der Waals surface area contributed by atoms with Crippen molar-refractivity contribution in [2.24, 2.45) is 5.92 Å². The van der Waals surface area contributed by atoms with Crippen LogP contribution >= 0.6 is 11.6 Å². The quantitative estimate of drug-likeness (QED) is 0.920. The van der Waals surface area contributed by atoms with Crippen LogP contribution in [0.2, 0.25) is 5.02 Å². The summed E-state index contributed by atoms with van der Waals surface area (Å²) >= 11 is 5.88. The molecule has 0 saturated carbocycles. The maximum atomic E-state index is 12.6. The molecule has 24 heavy (non-hydrogen) atoms. The van der Waals surface area contributed by atoms with Crippen molar-refractivity contribution >= 4 is 23.3 Å². The van der Waals surface area contributed by atoms with E-state index in [0.717, 1.165) is 31.5 Å². The Morgan fingerprint density at radius 3 is 2.67 bits per heavy atom. The summed E-state index contributed by atoms with van der Waals surface area (Å²) in [6.45, 7) is 4.45. The summed E-state index contributed by atoms with van der Waals surface area (Å²) in [5, 5.41) is 3.93. The zero-order valence-corrected chi connectivity index (χ0v) is 14.5. The zero-order chi connectivity index (χ0) is 16.9. The van der Waals surface area contributed by atoms with Crippen molar-refractivity contribution in [2.45, 2.75) is 26.3 Å². The monoisotopic (exact) mass is 344 g/mol. The molecule has 1 aliphatic rings. The van der Waals surface area contributed by atoms with Crippen LogP contribution in [-0.2, 0) is 6.54 Å². The number of hydrogen-bond donors (Lipinski definition) is 1. The van der Waals surface area contributed by atoms with E-state index >= 15 is 0 Å². The molecule has 3 rings (SSSR count). The van der Waals surface area contributed by atoms with E-state index in [2.05, 4.69) is 22.2 Å². The number of anilines is 1. The molecule has 6 heteroatoms. The number of carbonyl (C=O) groups excluding carboxylic acids is 1. The molecule has 0 unspecified atom stereocenters. The van der Waals surface area contributed by atoms with E-state index in [-0.39, 0.29) is 5.91 Å². The Labute approximate surface area is 147 Å². The molecule has 1 aromatic heterocycles. The summed E-state index contributed by atoms with van der Waals surface area (Å²) in [4.78, 5) is 22.8. The number of rotatable bonds is 4. The Hall–Kier alpha value is -2.14. The largest absolute Gasteiger partial charge is 0.366 e. The van der Waals surface area contributed by atoms with Gasteiger partial charge in [0.1, 0.15) is 17.8 Å². The number of aromatic nitrogens is 2. The van der Waals surface area contributed by atoms with Gasteiger partial charge in [0.2, 0.25) is 0 Å². The molecule has 1 aliphatic heterocycles. The van der Waals surface area contributed by atoms with Gasteiger partial charge in [0, 0.05) is 30.7 Å². The van der Waals surface area contributed by atoms with Crippen LogP contribution < -0.4 is 5.32 Å². The van der Waals surface area contributed by atoms with Gasteiger partial charge in [-0.2, -0.15) is 0 Å². The first-order chi connectivity index (χ1) is 11.6. The first kappa shape index (κ1) is 16.7. The zero-order valence-electron chi connectivity index (χ0n) is 13.7. The molecule has 0 bridgehead atoms. The molecule has 126 valence electrons. The van der Waals surface area contributed by atoms with Gasteiger partial charge in [-0.15, -0.1) is 0 Å². The van der Waals surface area contributed by atoms with E-state index in [1.807, 2.05) is 29.2 Å². The lowest BCUT2D eigenvalue weighted by Gasteiger charge is -2.30. The number of likely N-dealkylation sites (tertiary alicyclic amines) is 1. The van der Waals surface area contributed by atoms with E-state index in [1.165, 1.54) is 6.33 Å². The van der Waals surface area contributed by atoms with E-state index < -0.39 is 0 Å². The number of nitrogens with zero attached hydrogens (tertiary/aromatic N) is 3. The van der Waals surface area contributed by atoms with Gasteiger partial charge in [-0.3, -0.25) is 4.79 Å². The van der Waals surface area contributed by atoms with Crippen molar-refractivity contribution < 1.29 is 4.79 Å². The van der Waals surface area contributed by atoms with Gasteiger partial charge in [-0.05, 0) is 36.5 Å². The smallest absolute Gasteiger partial charge is 0.272 e. The average Bonchev–Trinajstić information content (AvgIpc) is 2.61. The normalized spacial score (nSPS) is 15.3. The van der Waals surface area contributed by atoms with E-state index in [1.54, 1.807) is 6.07 Å². The predicted octanol–water partition coefficient (Wildman–Crippen LogP) is 3.61. The number of hydrogen-bond acceptors (Lipinski definition) is 4. The molecule has 1 saturated heterocycles. The first-order valence-electron chi connectivity index (χ1n) is 8.21. The summed E-state index contributed by atoms with van der Waals surface area (Å²) in [5.41, 5.74) is 1.54. The summed E-state index contributed by atoms with van der Waals surface area (Å²) in [7, 11) is 0. The number of benzene rings is 1. The predicted molar refractivity (Wildman–Crippen MR) is 95.1 cm³/mol. The molecule has 1 amide bonds. The molecule has 2 aromatic rings. The lowest BCUT2D eigenvalue weighted by Crippen LogP contribution is -2.38. The van der Waals surface area contributed by atoms with E-state index in [4.69, 9.17) is 11.6 Å². The number of amides is 1. The Balaban J connectivity index is 1.63. The van der Waals surface area contributed by atoms with Gasteiger partial charge < -0.3 is 10.2 Å². The molecule has 1 N–H and O–H groups in total. The SMILES string of the molecule is CC1CCN(C(=O)c2cc(NCc3ccc(Cl)cc3)ncn2)CC1. The van der Waals surface area contributed by atoms with Crippen LogP contribution in [-0.4, -0.2) is 33.9 Å². The topological polar surface area (TPSA) is 58.1 Å². The maximum Gasteiger partial charge on any atom is 0.272 e. The van der Waals surface area contributed by atoms with Crippen LogP contribution in [0.5, 0.6) is 0 Å². The fourth-order valence-corrected chi connectivity index (χ4v) is 2.87. The van der Waals surface area contributed by atoms with Gasteiger partial charge in [0.25, 0.3) is 5.91 Å². The number of carbonyl (C=O) groups is 1.